The molecule has 0 spiro atoms. The molecule has 29 heavy (non-hydrogen) atoms. The Kier molecular flexibility index (Phi) is 6.17. The van der Waals surface area contributed by atoms with E-state index in [0.29, 0.717) is 15.6 Å². The Balaban J connectivity index is 1.97. The molecule has 156 valence electrons. The second-order valence-electron chi connectivity index (χ2n) is 5.76. The Morgan fingerprint density at radius 3 is 2.41 bits per heavy atom. The van der Waals surface area contributed by atoms with Crippen LogP contribution >= 0.6 is 15.9 Å². The van der Waals surface area contributed by atoms with Crippen molar-refractivity contribution in [2.75, 3.05) is 18.9 Å². The Labute approximate surface area is 173 Å². The van der Waals surface area contributed by atoms with E-state index in [0.717, 1.165) is 0 Å². The molecule has 0 aromatic carbocycles. The van der Waals surface area contributed by atoms with Gasteiger partial charge in [0, 0.05) is 18.0 Å². The van der Waals surface area contributed by atoms with Gasteiger partial charge in [0.05, 0.1) is 19.8 Å². The lowest BCUT2D eigenvalue weighted by molar-refractivity contribution is 0.137. The molecule has 0 aliphatic rings. The summed E-state index contributed by atoms with van der Waals surface area (Å²) in [6, 6.07) is 3.20. The van der Waals surface area contributed by atoms with E-state index in [1.807, 2.05) is 0 Å². The third kappa shape index (κ3) is 4.56. The summed E-state index contributed by atoms with van der Waals surface area (Å²) in [4.78, 5) is 14.8. The van der Waals surface area contributed by atoms with Crippen LogP contribution in [0.15, 0.2) is 27.8 Å². The fourth-order valence-corrected chi connectivity index (χ4v) is 4.07. The molecule has 3 aromatic rings. The normalized spacial score (nSPS) is 11.8. The van der Waals surface area contributed by atoms with E-state index in [4.69, 9.17) is 9.47 Å². The molecule has 3 rings (SSSR count). The minimum Gasteiger partial charge on any atom is -0.481 e. The molecule has 13 heteroatoms. The van der Waals surface area contributed by atoms with Crippen LogP contribution < -0.4 is 14.2 Å². The molecule has 0 saturated heterocycles. The van der Waals surface area contributed by atoms with E-state index < -0.39 is 22.9 Å². The maximum absolute atomic E-state index is 12.8. The third-order valence-corrected chi connectivity index (χ3v) is 5.72. The van der Waals surface area contributed by atoms with E-state index in [9.17, 15) is 17.2 Å². The van der Waals surface area contributed by atoms with Gasteiger partial charge in [0.2, 0.25) is 24.1 Å². The number of halogens is 3. The van der Waals surface area contributed by atoms with Crippen molar-refractivity contribution in [2.24, 2.45) is 0 Å². The maximum atomic E-state index is 12.8. The summed E-state index contributed by atoms with van der Waals surface area (Å²) in [6.07, 6.45) is -1.78. The fourth-order valence-electron chi connectivity index (χ4n) is 2.65. The predicted octanol–water partition coefficient (Wildman–Crippen LogP) is 3.13. The summed E-state index contributed by atoms with van der Waals surface area (Å²) in [5.74, 6) is -0.432. The summed E-state index contributed by atoms with van der Waals surface area (Å²) in [7, 11) is -1.52. The number of ether oxygens (including phenoxy) is 2. The number of H-pyrrole nitrogens is 1. The zero-order chi connectivity index (χ0) is 21.2. The molecular weight excluding hydrogens is 476 g/mol. The number of hydrogen-bond donors (Lipinski definition) is 2. The number of aromatic nitrogens is 4. The van der Waals surface area contributed by atoms with Crippen LogP contribution in [0.5, 0.6) is 11.8 Å². The standard InChI is InChI=1S/C16H16BrF2N5O4S/c1-27-14-9(4-6-12(18)19)15(28-2)23-16(22-14)24-29(25,26)10-7-20-13-8(10)3-5-11(17)21-13/h3,5,7,12H,4,6H2,1-2H3,(H,20,21)(H,22,23,24). The first-order valence-corrected chi connectivity index (χ1v) is 10.5. The molecule has 0 aliphatic carbocycles. The fraction of sp³-hybridized carbons (Fsp3) is 0.312. The molecule has 0 bridgehead atoms. The van der Waals surface area contributed by atoms with Gasteiger partial charge >= 0.3 is 0 Å². The van der Waals surface area contributed by atoms with Crippen molar-refractivity contribution in [3.05, 3.63) is 28.5 Å². The average Bonchev–Trinajstić information content (AvgIpc) is 3.09. The Morgan fingerprint density at radius 1 is 1.17 bits per heavy atom. The Bertz CT molecular complexity index is 1110. The molecule has 9 nitrogen and oxygen atoms in total. The first-order chi connectivity index (χ1) is 13.7. The van der Waals surface area contributed by atoms with Gasteiger partial charge in [-0.3, -0.25) is 0 Å². The van der Waals surface area contributed by atoms with Crippen molar-refractivity contribution >= 4 is 42.9 Å². The van der Waals surface area contributed by atoms with Crippen molar-refractivity contribution in [2.45, 2.75) is 24.2 Å². The molecule has 0 atom stereocenters. The number of aromatic amines is 1. The lowest BCUT2D eigenvalue weighted by Gasteiger charge is -2.14. The van der Waals surface area contributed by atoms with Gasteiger partial charge in [0.15, 0.2) is 0 Å². The van der Waals surface area contributed by atoms with Crippen molar-refractivity contribution in [1.29, 1.82) is 0 Å². The van der Waals surface area contributed by atoms with Crippen LogP contribution in [0.25, 0.3) is 11.0 Å². The summed E-state index contributed by atoms with van der Waals surface area (Å²) < 4.78 is 63.8. The van der Waals surface area contributed by atoms with Gasteiger partial charge < -0.3 is 14.5 Å². The lowest BCUT2D eigenvalue weighted by atomic mass is 10.2. The zero-order valence-electron chi connectivity index (χ0n) is 15.2. The molecule has 2 N–H and O–H groups in total. The second-order valence-corrected chi connectivity index (χ2v) is 8.23. The van der Waals surface area contributed by atoms with E-state index in [-0.39, 0.29) is 34.6 Å². The number of anilines is 1. The number of hydrogen-bond acceptors (Lipinski definition) is 7. The molecule has 3 heterocycles. The van der Waals surface area contributed by atoms with E-state index in [2.05, 4.69) is 40.6 Å². The van der Waals surface area contributed by atoms with Crippen molar-refractivity contribution in [3.63, 3.8) is 0 Å². The van der Waals surface area contributed by atoms with Crippen molar-refractivity contribution in [3.8, 4) is 11.8 Å². The summed E-state index contributed by atoms with van der Waals surface area (Å²) in [5, 5.41) is 0.369. The quantitative estimate of drug-likeness (QED) is 0.464. The van der Waals surface area contributed by atoms with Crippen LogP contribution in [0.3, 0.4) is 0 Å². The highest BCUT2D eigenvalue weighted by atomic mass is 79.9. The van der Waals surface area contributed by atoms with Crippen LogP contribution in [-0.2, 0) is 16.4 Å². The highest BCUT2D eigenvalue weighted by Crippen LogP contribution is 2.30. The van der Waals surface area contributed by atoms with Crippen LogP contribution in [0.2, 0.25) is 0 Å². The number of methoxy groups -OCH3 is 2. The minimum atomic E-state index is -4.09. The second kappa shape index (κ2) is 8.45. The van der Waals surface area contributed by atoms with E-state index in [1.165, 1.54) is 20.4 Å². The monoisotopic (exact) mass is 491 g/mol. The third-order valence-electron chi connectivity index (χ3n) is 3.91. The number of pyridine rings is 1. The molecule has 0 amide bonds. The number of nitrogens with zero attached hydrogens (tertiary/aromatic N) is 3. The van der Waals surface area contributed by atoms with Gasteiger partial charge in [-0.1, -0.05) is 0 Å². The summed E-state index contributed by atoms with van der Waals surface area (Å²) >= 11 is 3.22. The number of alkyl halides is 2. The lowest BCUT2D eigenvalue weighted by Crippen LogP contribution is -2.16. The predicted molar refractivity (Wildman–Crippen MR) is 104 cm³/mol. The topological polar surface area (TPSA) is 119 Å². The maximum Gasteiger partial charge on any atom is 0.266 e. The molecule has 0 radical (unpaired) electrons. The van der Waals surface area contributed by atoms with Crippen LogP contribution in [0.4, 0.5) is 14.7 Å². The molecule has 3 aromatic heterocycles. The van der Waals surface area contributed by atoms with Crippen LogP contribution in [-0.4, -0.2) is 49.0 Å². The highest BCUT2D eigenvalue weighted by molar-refractivity contribution is 9.10. The number of sulfonamides is 1. The van der Waals surface area contributed by atoms with Crippen molar-refractivity contribution in [1.82, 2.24) is 19.9 Å². The number of fused-ring (bicyclic) bond motifs is 1. The molecule has 0 unspecified atom stereocenters. The molecule has 0 saturated carbocycles. The van der Waals surface area contributed by atoms with Gasteiger partial charge in [-0.15, -0.1) is 0 Å². The number of rotatable bonds is 8. The first-order valence-electron chi connectivity index (χ1n) is 8.18. The Hall–Kier alpha value is -2.54. The SMILES string of the molecule is COc1nc(NS(=O)(=O)c2c[nH]c3nc(Br)ccc23)nc(OC)c1CCC(F)F. The van der Waals surface area contributed by atoms with E-state index >= 15 is 0 Å². The summed E-state index contributed by atoms with van der Waals surface area (Å²) in [5.41, 5.74) is 0.595. The summed E-state index contributed by atoms with van der Waals surface area (Å²) in [6.45, 7) is 0. The molecular formula is C16H16BrF2N5O4S. The van der Waals surface area contributed by atoms with Crippen LogP contribution in [0.1, 0.15) is 12.0 Å². The molecule has 0 fully saturated rings. The Morgan fingerprint density at radius 2 is 1.83 bits per heavy atom. The van der Waals surface area contributed by atoms with E-state index in [1.54, 1.807) is 12.1 Å². The minimum absolute atomic E-state index is 0.0558. The average molecular weight is 492 g/mol. The highest BCUT2D eigenvalue weighted by Gasteiger charge is 2.24. The first kappa shape index (κ1) is 21.2. The largest absolute Gasteiger partial charge is 0.481 e. The van der Waals surface area contributed by atoms with Gasteiger partial charge in [-0.25, -0.2) is 26.9 Å². The smallest absolute Gasteiger partial charge is 0.266 e. The molecule has 0 aliphatic heterocycles. The van der Waals surface area contributed by atoms with Gasteiger partial charge in [-0.2, -0.15) is 9.97 Å². The van der Waals surface area contributed by atoms with Crippen LogP contribution in [0, 0.1) is 0 Å². The van der Waals surface area contributed by atoms with Gasteiger partial charge in [0.25, 0.3) is 10.0 Å². The van der Waals surface area contributed by atoms with Gasteiger partial charge in [0.1, 0.15) is 15.1 Å². The van der Waals surface area contributed by atoms with Gasteiger partial charge in [-0.05, 0) is 34.5 Å². The zero-order valence-corrected chi connectivity index (χ0v) is 17.6. The number of nitrogens with one attached hydrogen (secondary N) is 2. The van der Waals surface area contributed by atoms with Crippen molar-refractivity contribution < 1.29 is 26.7 Å².